The van der Waals surface area contributed by atoms with Gasteiger partial charge in [-0.1, -0.05) is 18.2 Å². The largest absolute Gasteiger partial charge is 0.367 e. The average molecular weight is 283 g/mol. The highest BCUT2D eigenvalue weighted by Gasteiger charge is 2.25. The highest BCUT2D eigenvalue weighted by atomic mass is 16.2. The first-order chi connectivity index (χ1) is 10.2. The molecule has 0 amide bonds. The van der Waals surface area contributed by atoms with Gasteiger partial charge < -0.3 is 15.2 Å². The minimum atomic E-state index is -0.442. The summed E-state index contributed by atoms with van der Waals surface area (Å²) in [5.74, 6) is 0. The fourth-order valence-corrected chi connectivity index (χ4v) is 2.65. The van der Waals surface area contributed by atoms with Gasteiger partial charge >= 0.3 is 0 Å². The van der Waals surface area contributed by atoms with E-state index in [-0.39, 0.29) is 0 Å². The molecule has 108 valence electrons. The van der Waals surface area contributed by atoms with Crippen LogP contribution in [0.5, 0.6) is 0 Å². The molecule has 1 aromatic heterocycles. The average Bonchev–Trinajstić information content (AvgIpc) is 2.93. The molecule has 0 saturated heterocycles. The van der Waals surface area contributed by atoms with Crippen molar-refractivity contribution in [2.45, 2.75) is 13.8 Å². The summed E-state index contributed by atoms with van der Waals surface area (Å²) >= 11 is 0. The summed E-state index contributed by atoms with van der Waals surface area (Å²) in [6, 6.07) is 7.82. The van der Waals surface area contributed by atoms with Crippen molar-refractivity contribution in [2.75, 3.05) is 23.3 Å². The molecule has 21 heavy (non-hydrogen) atoms. The quantitative estimate of drug-likeness (QED) is 0.705. The maximum Gasteiger partial charge on any atom is 0.253 e. The summed E-state index contributed by atoms with van der Waals surface area (Å²) in [7, 11) is 0. The van der Waals surface area contributed by atoms with E-state index in [9.17, 15) is 9.59 Å². The van der Waals surface area contributed by atoms with Gasteiger partial charge in [0.15, 0.2) is 0 Å². The number of anilines is 3. The molecule has 5 heteroatoms. The van der Waals surface area contributed by atoms with Crippen LogP contribution in [0.3, 0.4) is 0 Å². The van der Waals surface area contributed by atoms with Gasteiger partial charge in [-0.15, -0.1) is 0 Å². The predicted octanol–water partition coefficient (Wildman–Crippen LogP) is 2.35. The van der Waals surface area contributed by atoms with Gasteiger partial charge in [-0.05, 0) is 19.9 Å². The van der Waals surface area contributed by atoms with Crippen molar-refractivity contribution in [1.29, 1.82) is 0 Å². The number of fused-ring (bicyclic) bond motifs is 1. The fraction of sp³-hybridized carbons (Fsp3) is 0.250. The molecule has 3 aromatic rings. The SMILES string of the molecule is CCN(CC)c1c(Nc2c[nH]c3ccccc23)c(=O)c1=O. The van der Waals surface area contributed by atoms with E-state index >= 15 is 0 Å². The Morgan fingerprint density at radius 2 is 1.81 bits per heavy atom. The van der Waals surface area contributed by atoms with Gasteiger partial charge in [0.2, 0.25) is 0 Å². The van der Waals surface area contributed by atoms with Crippen LogP contribution in [-0.4, -0.2) is 18.1 Å². The summed E-state index contributed by atoms with van der Waals surface area (Å²) in [4.78, 5) is 28.7. The van der Waals surface area contributed by atoms with Gasteiger partial charge in [-0.25, -0.2) is 0 Å². The molecule has 3 rings (SSSR count). The summed E-state index contributed by atoms with van der Waals surface area (Å²) in [5.41, 5.74) is 1.85. The Bertz CT molecular complexity index is 852. The van der Waals surface area contributed by atoms with Crippen LogP contribution >= 0.6 is 0 Å². The van der Waals surface area contributed by atoms with Crippen LogP contribution in [0.1, 0.15) is 13.8 Å². The van der Waals surface area contributed by atoms with Gasteiger partial charge in [0.25, 0.3) is 10.9 Å². The smallest absolute Gasteiger partial charge is 0.253 e. The molecule has 0 bridgehead atoms. The highest BCUT2D eigenvalue weighted by Crippen LogP contribution is 2.29. The Balaban J connectivity index is 2.01. The van der Waals surface area contributed by atoms with E-state index in [1.54, 1.807) is 0 Å². The van der Waals surface area contributed by atoms with Gasteiger partial charge in [-0.3, -0.25) is 9.59 Å². The maximum absolute atomic E-state index is 11.9. The number of aromatic nitrogens is 1. The van der Waals surface area contributed by atoms with E-state index in [1.165, 1.54) is 0 Å². The molecule has 1 heterocycles. The van der Waals surface area contributed by atoms with Crippen molar-refractivity contribution in [3.8, 4) is 0 Å². The van der Waals surface area contributed by atoms with Crippen LogP contribution in [0.15, 0.2) is 40.1 Å². The van der Waals surface area contributed by atoms with Gasteiger partial charge in [0.1, 0.15) is 11.4 Å². The van der Waals surface area contributed by atoms with E-state index in [0.29, 0.717) is 24.5 Å². The summed E-state index contributed by atoms with van der Waals surface area (Å²) in [6.07, 6.45) is 1.81. The first kappa shape index (κ1) is 13.4. The lowest BCUT2D eigenvalue weighted by Gasteiger charge is -2.24. The number of para-hydroxylation sites is 1. The van der Waals surface area contributed by atoms with E-state index in [2.05, 4.69) is 10.3 Å². The lowest BCUT2D eigenvalue weighted by Crippen LogP contribution is -2.42. The minimum absolute atomic E-state index is 0.397. The molecule has 2 aromatic carbocycles. The van der Waals surface area contributed by atoms with E-state index in [0.717, 1.165) is 16.6 Å². The van der Waals surface area contributed by atoms with Gasteiger partial charge in [-0.2, -0.15) is 0 Å². The maximum atomic E-state index is 11.9. The molecule has 0 aliphatic carbocycles. The lowest BCUT2D eigenvalue weighted by molar-refractivity contribution is 0.856. The Hall–Kier alpha value is -2.56. The molecular weight excluding hydrogens is 266 g/mol. The molecule has 5 nitrogen and oxygen atoms in total. The predicted molar refractivity (Wildman–Crippen MR) is 86.5 cm³/mol. The third-order valence-corrected chi connectivity index (χ3v) is 3.81. The van der Waals surface area contributed by atoms with Gasteiger partial charge in [0, 0.05) is 30.2 Å². The highest BCUT2D eigenvalue weighted by molar-refractivity contribution is 5.95. The number of hydrogen-bond donors (Lipinski definition) is 2. The lowest BCUT2D eigenvalue weighted by atomic mass is 10.1. The van der Waals surface area contributed by atoms with Crippen molar-refractivity contribution in [3.05, 3.63) is 50.9 Å². The summed E-state index contributed by atoms with van der Waals surface area (Å²) in [5, 5.41) is 4.11. The molecule has 0 aliphatic rings. The number of nitrogens with zero attached hydrogens (tertiary/aromatic N) is 1. The number of benzene rings is 1. The molecule has 0 unspecified atom stereocenters. The zero-order chi connectivity index (χ0) is 15.0. The second-order valence-electron chi connectivity index (χ2n) is 4.93. The van der Waals surface area contributed by atoms with Crippen molar-refractivity contribution < 1.29 is 0 Å². The number of nitrogens with one attached hydrogen (secondary N) is 2. The Morgan fingerprint density at radius 3 is 2.52 bits per heavy atom. The fourth-order valence-electron chi connectivity index (χ4n) is 2.65. The molecular formula is C16H17N3O2. The van der Waals surface area contributed by atoms with Crippen molar-refractivity contribution in [3.63, 3.8) is 0 Å². The molecule has 2 N–H and O–H groups in total. The van der Waals surface area contributed by atoms with Crippen LogP contribution in [-0.2, 0) is 0 Å². The van der Waals surface area contributed by atoms with E-state index in [4.69, 9.17) is 0 Å². The van der Waals surface area contributed by atoms with Crippen LogP contribution in [0, 0.1) is 0 Å². The third kappa shape index (κ3) is 2.01. The topological polar surface area (TPSA) is 65.2 Å². The molecule has 0 aliphatic heterocycles. The standard InChI is InChI=1S/C16H17N3O2/c1-3-19(4-2)14-13(15(20)16(14)21)18-12-9-17-11-8-6-5-7-10(11)12/h5-9,17-18H,3-4H2,1-2H3. The third-order valence-electron chi connectivity index (χ3n) is 3.81. The molecule has 0 saturated carbocycles. The molecule has 0 atom stereocenters. The monoisotopic (exact) mass is 283 g/mol. The van der Waals surface area contributed by atoms with Crippen molar-refractivity contribution >= 4 is 28.0 Å². The van der Waals surface area contributed by atoms with Crippen molar-refractivity contribution in [1.82, 2.24) is 4.98 Å². The van der Waals surface area contributed by atoms with Crippen molar-refractivity contribution in [2.24, 2.45) is 0 Å². The number of H-pyrrole nitrogens is 1. The van der Waals surface area contributed by atoms with E-state index < -0.39 is 10.9 Å². The van der Waals surface area contributed by atoms with Gasteiger partial charge in [0.05, 0.1) is 5.69 Å². The second-order valence-corrected chi connectivity index (χ2v) is 4.93. The van der Waals surface area contributed by atoms with Crippen LogP contribution < -0.4 is 21.1 Å². The van der Waals surface area contributed by atoms with E-state index in [1.807, 2.05) is 49.2 Å². The Labute approximate surface area is 121 Å². The second kappa shape index (κ2) is 5.09. The van der Waals surface area contributed by atoms with Crippen LogP contribution in [0.4, 0.5) is 17.1 Å². The zero-order valence-corrected chi connectivity index (χ0v) is 12.1. The minimum Gasteiger partial charge on any atom is -0.367 e. The Morgan fingerprint density at radius 1 is 1.10 bits per heavy atom. The number of hydrogen-bond acceptors (Lipinski definition) is 4. The molecule has 0 fully saturated rings. The van der Waals surface area contributed by atoms with Crippen LogP contribution in [0.25, 0.3) is 10.9 Å². The summed E-state index contributed by atoms with van der Waals surface area (Å²) < 4.78 is 0. The number of aromatic amines is 1. The van der Waals surface area contributed by atoms with Crippen LogP contribution in [0.2, 0.25) is 0 Å². The first-order valence-corrected chi connectivity index (χ1v) is 7.08. The zero-order valence-electron chi connectivity index (χ0n) is 12.1. The first-order valence-electron chi connectivity index (χ1n) is 7.08. The Kier molecular flexibility index (Phi) is 3.25. The summed E-state index contributed by atoms with van der Waals surface area (Å²) in [6.45, 7) is 5.33. The normalized spacial score (nSPS) is 11.1. The number of rotatable bonds is 5. The molecule has 0 spiro atoms. The molecule has 0 radical (unpaired) electrons.